The molecular formula is C30H33N3O6S. The van der Waals surface area contributed by atoms with E-state index in [2.05, 4.69) is 9.97 Å². The van der Waals surface area contributed by atoms with Crippen LogP contribution in [0.2, 0.25) is 0 Å². The standard InChI is InChI=1S/C30H33N3O6S/c1-5-6-12-26-32-29(34)28(30(35)33(26)25(19-38-3)22-10-8-7-9-11-22)40(36,37)23-15-13-21(14-16-23)24-17-18-27(39-4)31-20(24)2/h7-11,13-18,25,34H,5-6,12,19H2,1-4H3. The lowest BCUT2D eigenvalue weighted by molar-refractivity contribution is 0.165. The van der Waals surface area contributed by atoms with Crippen LogP contribution in [0.25, 0.3) is 11.1 Å². The number of hydrogen-bond acceptors (Lipinski definition) is 8. The van der Waals surface area contributed by atoms with Crippen LogP contribution in [0, 0.1) is 6.92 Å². The van der Waals surface area contributed by atoms with Crippen LogP contribution in [0.3, 0.4) is 0 Å². The molecule has 0 radical (unpaired) electrons. The summed E-state index contributed by atoms with van der Waals surface area (Å²) in [4.78, 5) is 21.7. The molecule has 1 atom stereocenters. The largest absolute Gasteiger partial charge is 0.492 e. The van der Waals surface area contributed by atoms with E-state index in [1.54, 1.807) is 18.2 Å². The van der Waals surface area contributed by atoms with Gasteiger partial charge in [-0.15, -0.1) is 0 Å². The number of methoxy groups -OCH3 is 2. The minimum absolute atomic E-state index is 0.110. The Bertz CT molecular complexity index is 1640. The molecule has 1 unspecified atom stereocenters. The Morgan fingerprint density at radius 2 is 1.68 bits per heavy atom. The number of pyridine rings is 1. The van der Waals surface area contributed by atoms with Crippen molar-refractivity contribution in [1.29, 1.82) is 0 Å². The molecule has 4 rings (SSSR count). The number of aryl methyl sites for hydroxylation is 2. The van der Waals surface area contributed by atoms with Crippen LogP contribution < -0.4 is 10.3 Å². The van der Waals surface area contributed by atoms with Gasteiger partial charge in [-0.05, 0) is 42.7 Å². The van der Waals surface area contributed by atoms with Crippen molar-refractivity contribution in [2.45, 2.75) is 48.9 Å². The van der Waals surface area contributed by atoms with Gasteiger partial charge in [0.2, 0.25) is 21.6 Å². The number of aromatic hydroxyl groups is 1. The summed E-state index contributed by atoms with van der Waals surface area (Å²) in [5, 5.41) is 10.8. The predicted molar refractivity (Wildman–Crippen MR) is 152 cm³/mol. The van der Waals surface area contributed by atoms with Gasteiger partial charge in [-0.25, -0.2) is 13.4 Å². The summed E-state index contributed by atoms with van der Waals surface area (Å²) in [7, 11) is -1.38. The second-order valence-electron chi connectivity index (χ2n) is 9.36. The molecule has 9 nitrogen and oxygen atoms in total. The quantitative estimate of drug-likeness (QED) is 0.278. The summed E-state index contributed by atoms with van der Waals surface area (Å²) in [5.74, 6) is -0.0349. The van der Waals surface area contributed by atoms with Crippen LogP contribution in [0.1, 0.15) is 42.9 Å². The van der Waals surface area contributed by atoms with Crippen LogP contribution in [-0.2, 0) is 21.0 Å². The van der Waals surface area contributed by atoms with Crippen molar-refractivity contribution in [2.24, 2.45) is 0 Å². The number of benzene rings is 2. The highest BCUT2D eigenvalue weighted by Gasteiger charge is 2.32. The van der Waals surface area contributed by atoms with Crippen LogP contribution >= 0.6 is 0 Å². The van der Waals surface area contributed by atoms with Crippen molar-refractivity contribution in [1.82, 2.24) is 14.5 Å². The summed E-state index contributed by atoms with van der Waals surface area (Å²) >= 11 is 0. The molecule has 0 aliphatic rings. The molecular weight excluding hydrogens is 530 g/mol. The third kappa shape index (κ3) is 5.78. The third-order valence-corrected chi connectivity index (χ3v) is 8.50. The number of rotatable bonds is 11. The molecule has 2 aromatic carbocycles. The summed E-state index contributed by atoms with van der Waals surface area (Å²) in [6.07, 6.45) is 1.91. The number of ether oxygens (including phenoxy) is 2. The fraction of sp³-hybridized carbons (Fsp3) is 0.300. The summed E-state index contributed by atoms with van der Waals surface area (Å²) in [6.45, 7) is 3.94. The van der Waals surface area contributed by atoms with E-state index in [9.17, 15) is 18.3 Å². The van der Waals surface area contributed by atoms with Gasteiger partial charge in [0.15, 0.2) is 4.90 Å². The maximum absolute atomic E-state index is 14.0. The zero-order valence-corrected chi connectivity index (χ0v) is 23.8. The molecule has 40 heavy (non-hydrogen) atoms. The lowest BCUT2D eigenvalue weighted by Crippen LogP contribution is -2.35. The normalized spacial score (nSPS) is 12.3. The zero-order chi connectivity index (χ0) is 28.9. The van der Waals surface area contributed by atoms with E-state index in [0.717, 1.165) is 23.1 Å². The number of nitrogens with zero attached hydrogens (tertiary/aromatic N) is 3. The van der Waals surface area contributed by atoms with E-state index >= 15 is 0 Å². The molecule has 4 aromatic rings. The van der Waals surface area contributed by atoms with E-state index in [4.69, 9.17) is 9.47 Å². The van der Waals surface area contributed by atoms with Gasteiger partial charge in [0.05, 0.1) is 24.7 Å². The Morgan fingerprint density at radius 3 is 2.27 bits per heavy atom. The van der Waals surface area contributed by atoms with Gasteiger partial charge in [-0.1, -0.05) is 55.8 Å². The van der Waals surface area contributed by atoms with Crippen molar-refractivity contribution in [3.05, 3.63) is 94.2 Å². The Morgan fingerprint density at radius 1 is 0.975 bits per heavy atom. The van der Waals surface area contributed by atoms with Crippen LogP contribution in [0.15, 0.2) is 81.3 Å². The molecule has 2 aromatic heterocycles. The van der Waals surface area contributed by atoms with Crippen molar-refractivity contribution in [3.8, 4) is 22.9 Å². The molecule has 0 aliphatic carbocycles. The van der Waals surface area contributed by atoms with Gasteiger partial charge in [0, 0.05) is 30.9 Å². The van der Waals surface area contributed by atoms with Crippen molar-refractivity contribution < 1.29 is 23.0 Å². The number of aromatic nitrogens is 3. The first kappa shape index (κ1) is 29.0. The minimum atomic E-state index is -4.43. The molecule has 0 amide bonds. The number of hydrogen-bond donors (Lipinski definition) is 1. The average molecular weight is 564 g/mol. The first-order valence-corrected chi connectivity index (χ1v) is 14.5. The number of sulfone groups is 1. The van der Waals surface area contributed by atoms with Gasteiger partial charge in [0.1, 0.15) is 5.82 Å². The first-order valence-electron chi connectivity index (χ1n) is 13.0. The van der Waals surface area contributed by atoms with Gasteiger partial charge >= 0.3 is 0 Å². The third-order valence-electron chi connectivity index (χ3n) is 6.72. The van der Waals surface area contributed by atoms with Crippen molar-refractivity contribution in [2.75, 3.05) is 20.8 Å². The molecule has 0 aliphatic heterocycles. The molecule has 0 fully saturated rings. The van der Waals surface area contributed by atoms with Gasteiger partial charge in [-0.2, -0.15) is 4.98 Å². The van der Waals surface area contributed by atoms with Crippen LogP contribution in [0.4, 0.5) is 0 Å². The summed E-state index contributed by atoms with van der Waals surface area (Å²) < 4.78 is 39.5. The summed E-state index contributed by atoms with van der Waals surface area (Å²) in [5.41, 5.74) is 2.18. The van der Waals surface area contributed by atoms with Gasteiger partial charge < -0.3 is 14.6 Å². The molecule has 0 saturated carbocycles. The second-order valence-corrected chi connectivity index (χ2v) is 11.2. The topological polar surface area (TPSA) is 121 Å². The van der Waals surface area contributed by atoms with Gasteiger partial charge in [0.25, 0.3) is 5.56 Å². The lowest BCUT2D eigenvalue weighted by Gasteiger charge is -2.24. The fourth-order valence-electron chi connectivity index (χ4n) is 4.66. The number of unbranched alkanes of at least 4 members (excludes halogenated alkanes) is 1. The van der Waals surface area contributed by atoms with E-state index in [1.807, 2.05) is 50.2 Å². The maximum atomic E-state index is 14.0. The molecule has 2 heterocycles. The fourth-order valence-corrected chi connectivity index (χ4v) is 6.00. The SMILES string of the molecule is CCCCc1nc(O)c(S(=O)(=O)c2ccc(-c3ccc(OC)nc3C)cc2)c(=O)n1C(COC)c1ccccc1. The summed E-state index contributed by atoms with van der Waals surface area (Å²) in [6, 6.07) is 18.2. The van der Waals surface area contributed by atoms with E-state index in [1.165, 1.54) is 30.9 Å². The Labute approximate surface area is 234 Å². The lowest BCUT2D eigenvalue weighted by atomic mass is 10.0. The molecule has 0 bridgehead atoms. The zero-order valence-electron chi connectivity index (χ0n) is 23.0. The Balaban J connectivity index is 1.84. The monoisotopic (exact) mass is 563 g/mol. The second kappa shape index (κ2) is 12.4. The Hall–Kier alpha value is -4.02. The molecule has 210 valence electrons. The molecule has 10 heteroatoms. The minimum Gasteiger partial charge on any atom is -0.492 e. The molecule has 1 N–H and O–H groups in total. The van der Waals surface area contributed by atoms with E-state index in [0.29, 0.717) is 30.2 Å². The first-order chi connectivity index (χ1) is 19.2. The highest BCUT2D eigenvalue weighted by molar-refractivity contribution is 7.91. The smallest absolute Gasteiger partial charge is 0.277 e. The molecule has 0 spiro atoms. The average Bonchev–Trinajstić information content (AvgIpc) is 2.95. The van der Waals surface area contributed by atoms with Crippen molar-refractivity contribution >= 4 is 9.84 Å². The van der Waals surface area contributed by atoms with E-state index in [-0.39, 0.29) is 11.5 Å². The molecule has 0 saturated heterocycles. The maximum Gasteiger partial charge on any atom is 0.277 e. The highest BCUT2D eigenvalue weighted by Crippen LogP contribution is 2.30. The predicted octanol–water partition coefficient (Wildman–Crippen LogP) is 4.74. The highest BCUT2D eigenvalue weighted by atomic mass is 32.2. The van der Waals surface area contributed by atoms with E-state index < -0.39 is 32.2 Å². The van der Waals surface area contributed by atoms with Crippen molar-refractivity contribution in [3.63, 3.8) is 0 Å². The van der Waals surface area contributed by atoms with Crippen LogP contribution in [0.5, 0.6) is 11.8 Å². The van der Waals surface area contributed by atoms with Gasteiger partial charge in [-0.3, -0.25) is 9.36 Å². The Kier molecular flexibility index (Phi) is 9.01. The van der Waals surface area contributed by atoms with Crippen LogP contribution in [-0.4, -0.2) is 48.9 Å².